The molecule has 0 amide bonds. The monoisotopic (exact) mass is 213 g/mol. The van der Waals surface area contributed by atoms with Crippen molar-refractivity contribution < 1.29 is 4.74 Å². The van der Waals surface area contributed by atoms with E-state index in [1.54, 1.807) is 0 Å². The maximum atomic E-state index is 5.77. The van der Waals surface area contributed by atoms with Crippen LogP contribution in [0.25, 0.3) is 0 Å². The quantitative estimate of drug-likeness (QED) is 0.758. The minimum atomic E-state index is 0.379. The molecule has 1 fully saturated rings. The minimum absolute atomic E-state index is 0.379. The van der Waals surface area contributed by atoms with Gasteiger partial charge in [-0.25, -0.2) is 0 Å². The van der Waals surface area contributed by atoms with Crippen molar-refractivity contribution in [3.05, 3.63) is 0 Å². The Morgan fingerprint density at radius 3 is 2.47 bits per heavy atom. The van der Waals surface area contributed by atoms with Crippen LogP contribution in [0.5, 0.6) is 0 Å². The summed E-state index contributed by atoms with van der Waals surface area (Å²) < 4.78 is 5.77. The van der Waals surface area contributed by atoms with Gasteiger partial charge in [0.1, 0.15) is 0 Å². The van der Waals surface area contributed by atoms with Gasteiger partial charge in [-0.3, -0.25) is 0 Å². The van der Waals surface area contributed by atoms with E-state index in [2.05, 4.69) is 39.9 Å². The molecule has 0 spiro atoms. The molecule has 0 aliphatic carbocycles. The first-order valence-electron chi connectivity index (χ1n) is 6.28. The van der Waals surface area contributed by atoms with Crippen molar-refractivity contribution in [1.82, 2.24) is 5.32 Å². The van der Waals surface area contributed by atoms with Crippen molar-refractivity contribution in [1.29, 1.82) is 0 Å². The largest absolute Gasteiger partial charge is 0.374 e. The first kappa shape index (κ1) is 13.0. The lowest BCUT2D eigenvalue weighted by atomic mass is 9.81. The fraction of sp³-hybridized carbons (Fsp3) is 1.00. The normalized spacial score (nSPS) is 27.6. The number of ether oxygens (including phenoxy) is 1. The molecule has 0 radical (unpaired) electrons. The molecule has 2 heteroatoms. The van der Waals surface area contributed by atoms with Crippen LogP contribution in [0.4, 0.5) is 0 Å². The second-order valence-electron chi connectivity index (χ2n) is 5.92. The zero-order chi connectivity index (χ0) is 11.5. The Bertz CT molecular complexity index is 189. The van der Waals surface area contributed by atoms with E-state index in [-0.39, 0.29) is 0 Å². The molecule has 0 aromatic rings. The highest BCUT2D eigenvalue weighted by molar-refractivity contribution is 4.78. The first-order valence-corrected chi connectivity index (χ1v) is 6.28. The number of nitrogens with one attached hydrogen (secondary N) is 1. The first-order chi connectivity index (χ1) is 6.92. The summed E-state index contributed by atoms with van der Waals surface area (Å²) >= 11 is 0. The summed E-state index contributed by atoms with van der Waals surface area (Å²) in [6, 6.07) is 0. The van der Waals surface area contributed by atoms with Crippen molar-refractivity contribution in [3.63, 3.8) is 0 Å². The summed E-state index contributed by atoms with van der Waals surface area (Å²) in [5.74, 6) is 0.716. The average Bonchev–Trinajstić information content (AvgIpc) is 2.51. The van der Waals surface area contributed by atoms with Crippen LogP contribution >= 0.6 is 0 Å². The molecule has 2 nitrogen and oxygen atoms in total. The molecular weight excluding hydrogens is 186 g/mol. The van der Waals surface area contributed by atoms with Gasteiger partial charge in [-0.2, -0.15) is 0 Å². The van der Waals surface area contributed by atoms with Crippen molar-refractivity contribution in [2.24, 2.45) is 11.3 Å². The van der Waals surface area contributed by atoms with Crippen molar-refractivity contribution in [3.8, 4) is 0 Å². The van der Waals surface area contributed by atoms with Gasteiger partial charge in [-0.1, -0.05) is 27.7 Å². The Hall–Kier alpha value is -0.0800. The predicted octanol–water partition coefficient (Wildman–Crippen LogP) is 2.83. The molecule has 2 unspecified atom stereocenters. The number of hydrogen-bond donors (Lipinski definition) is 1. The molecule has 1 aliphatic heterocycles. The van der Waals surface area contributed by atoms with Crippen LogP contribution in [0.1, 0.15) is 47.5 Å². The fourth-order valence-electron chi connectivity index (χ4n) is 1.79. The summed E-state index contributed by atoms with van der Waals surface area (Å²) in [4.78, 5) is 0. The van der Waals surface area contributed by atoms with Gasteiger partial charge in [0.2, 0.25) is 0 Å². The SMILES string of the molecule is CC1CCC(CNCC(C)(C)C(C)C)O1. The van der Waals surface area contributed by atoms with Gasteiger partial charge in [-0.05, 0) is 31.1 Å². The summed E-state index contributed by atoms with van der Waals surface area (Å²) in [7, 11) is 0. The molecule has 1 N–H and O–H groups in total. The van der Waals surface area contributed by atoms with Gasteiger partial charge < -0.3 is 10.1 Å². The third-order valence-electron chi connectivity index (χ3n) is 3.84. The standard InChI is InChI=1S/C13H27NO/c1-10(2)13(4,5)9-14-8-12-7-6-11(3)15-12/h10-12,14H,6-9H2,1-5H3. The highest BCUT2D eigenvalue weighted by atomic mass is 16.5. The van der Waals surface area contributed by atoms with Crippen LogP contribution in [0.3, 0.4) is 0 Å². The Morgan fingerprint density at radius 2 is 2.00 bits per heavy atom. The zero-order valence-electron chi connectivity index (χ0n) is 11.0. The highest BCUT2D eigenvalue weighted by Crippen LogP contribution is 2.25. The minimum Gasteiger partial charge on any atom is -0.374 e. The Labute approximate surface area is 94.8 Å². The van der Waals surface area contributed by atoms with E-state index in [0.717, 1.165) is 13.1 Å². The molecule has 1 heterocycles. The third-order valence-corrected chi connectivity index (χ3v) is 3.84. The third kappa shape index (κ3) is 4.12. The van der Waals surface area contributed by atoms with E-state index in [0.29, 0.717) is 23.5 Å². The van der Waals surface area contributed by atoms with Gasteiger partial charge in [0.05, 0.1) is 12.2 Å². The molecule has 0 bridgehead atoms. The Balaban J connectivity index is 2.16. The fourth-order valence-corrected chi connectivity index (χ4v) is 1.79. The van der Waals surface area contributed by atoms with Gasteiger partial charge in [0.25, 0.3) is 0 Å². The second kappa shape index (κ2) is 5.31. The van der Waals surface area contributed by atoms with Crippen LogP contribution in [0.2, 0.25) is 0 Å². The summed E-state index contributed by atoms with van der Waals surface area (Å²) in [6.07, 6.45) is 3.36. The van der Waals surface area contributed by atoms with Crippen molar-refractivity contribution in [2.75, 3.05) is 13.1 Å². The van der Waals surface area contributed by atoms with Crippen LogP contribution < -0.4 is 5.32 Å². The zero-order valence-corrected chi connectivity index (χ0v) is 11.0. The highest BCUT2D eigenvalue weighted by Gasteiger charge is 2.24. The van der Waals surface area contributed by atoms with Gasteiger partial charge in [0.15, 0.2) is 0 Å². The van der Waals surface area contributed by atoms with Crippen LogP contribution in [-0.2, 0) is 4.74 Å². The van der Waals surface area contributed by atoms with E-state index in [4.69, 9.17) is 4.74 Å². The Morgan fingerprint density at radius 1 is 1.33 bits per heavy atom. The number of hydrogen-bond acceptors (Lipinski definition) is 2. The average molecular weight is 213 g/mol. The molecular formula is C13H27NO. The maximum Gasteiger partial charge on any atom is 0.0704 e. The summed E-state index contributed by atoms with van der Waals surface area (Å²) in [6.45, 7) is 13.5. The number of rotatable bonds is 5. The second-order valence-corrected chi connectivity index (χ2v) is 5.92. The summed E-state index contributed by atoms with van der Waals surface area (Å²) in [5.41, 5.74) is 0.379. The molecule has 1 rings (SSSR count). The van der Waals surface area contributed by atoms with Crippen LogP contribution in [0.15, 0.2) is 0 Å². The van der Waals surface area contributed by atoms with Crippen molar-refractivity contribution >= 4 is 0 Å². The lowest BCUT2D eigenvalue weighted by Crippen LogP contribution is -2.37. The van der Waals surface area contributed by atoms with Crippen LogP contribution in [-0.4, -0.2) is 25.3 Å². The van der Waals surface area contributed by atoms with Gasteiger partial charge >= 0.3 is 0 Å². The maximum absolute atomic E-state index is 5.77. The lowest BCUT2D eigenvalue weighted by molar-refractivity contribution is 0.0537. The van der Waals surface area contributed by atoms with E-state index in [1.807, 2.05) is 0 Å². The molecule has 1 aliphatic rings. The molecule has 15 heavy (non-hydrogen) atoms. The lowest BCUT2D eigenvalue weighted by Gasteiger charge is -2.30. The van der Waals surface area contributed by atoms with E-state index >= 15 is 0 Å². The molecule has 0 aromatic heterocycles. The van der Waals surface area contributed by atoms with E-state index in [1.165, 1.54) is 12.8 Å². The van der Waals surface area contributed by atoms with Crippen LogP contribution in [0, 0.1) is 11.3 Å². The topological polar surface area (TPSA) is 21.3 Å². The smallest absolute Gasteiger partial charge is 0.0704 e. The predicted molar refractivity (Wildman–Crippen MR) is 65.1 cm³/mol. The van der Waals surface area contributed by atoms with Gasteiger partial charge in [-0.15, -0.1) is 0 Å². The van der Waals surface area contributed by atoms with Crippen molar-refractivity contribution in [2.45, 2.75) is 59.7 Å². The molecule has 0 aromatic carbocycles. The van der Waals surface area contributed by atoms with E-state index in [9.17, 15) is 0 Å². The Kier molecular flexibility index (Phi) is 4.60. The van der Waals surface area contributed by atoms with Gasteiger partial charge in [0, 0.05) is 13.1 Å². The molecule has 2 atom stereocenters. The molecule has 1 saturated heterocycles. The summed E-state index contributed by atoms with van der Waals surface area (Å²) in [5, 5.41) is 3.54. The molecule has 0 saturated carbocycles. The van der Waals surface area contributed by atoms with E-state index < -0.39 is 0 Å². The molecule has 90 valence electrons.